The molecular formula is C20H22N2O6. The molecule has 0 bridgehead atoms. The Bertz CT molecular complexity index is 855. The van der Waals surface area contributed by atoms with Crippen molar-refractivity contribution in [1.29, 1.82) is 0 Å². The summed E-state index contributed by atoms with van der Waals surface area (Å²) in [7, 11) is 3.01. The van der Waals surface area contributed by atoms with Crippen molar-refractivity contribution in [3.8, 4) is 11.5 Å². The van der Waals surface area contributed by atoms with E-state index in [0.717, 1.165) is 5.56 Å². The molecule has 0 saturated heterocycles. The van der Waals surface area contributed by atoms with Crippen LogP contribution >= 0.6 is 0 Å². The van der Waals surface area contributed by atoms with E-state index in [4.69, 9.17) is 19.3 Å². The molecule has 2 atom stereocenters. The number of amides is 1. The number of rotatable bonds is 8. The Labute approximate surface area is 162 Å². The summed E-state index contributed by atoms with van der Waals surface area (Å²) in [6, 6.07) is 12.1. The van der Waals surface area contributed by atoms with Crippen molar-refractivity contribution >= 4 is 17.6 Å². The van der Waals surface area contributed by atoms with Gasteiger partial charge in [0.15, 0.2) is 17.6 Å². The van der Waals surface area contributed by atoms with Gasteiger partial charge in [-0.2, -0.15) is 0 Å². The second-order valence-electron chi connectivity index (χ2n) is 6.25. The van der Waals surface area contributed by atoms with Gasteiger partial charge in [0.2, 0.25) is 0 Å². The van der Waals surface area contributed by atoms with E-state index in [1.54, 1.807) is 12.1 Å². The molecule has 2 aromatic carbocycles. The highest BCUT2D eigenvalue weighted by Crippen LogP contribution is 2.40. The number of ether oxygens (including phenoxy) is 3. The third-order valence-electron chi connectivity index (χ3n) is 4.46. The van der Waals surface area contributed by atoms with Gasteiger partial charge in [0, 0.05) is 11.8 Å². The van der Waals surface area contributed by atoms with Gasteiger partial charge in [0.25, 0.3) is 5.91 Å². The molecule has 3 rings (SSSR count). The topological polar surface area (TPSA) is 106 Å². The van der Waals surface area contributed by atoms with E-state index in [-0.39, 0.29) is 19.1 Å². The van der Waals surface area contributed by atoms with Crippen LogP contribution in [0.25, 0.3) is 0 Å². The minimum Gasteiger partial charge on any atom is -0.493 e. The number of carboxylic acid groups (broad SMARTS) is 1. The standard InChI is InChI=1S/C20H22N2O6/c1-26-15-8-13-14(9-16(15)27-2)22-20(25)19(18(13)21-10-17(23)24)28-11-12-6-4-3-5-7-12/h3-9,18-19,21H,10-11H2,1-2H3,(H,22,25)(H,23,24). The van der Waals surface area contributed by atoms with Crippen molar-refractivity contribution in [2.24, 2.45) is 0 Å². The average Bonchev–Trinajstić information content (AvgIpc) is 2.70. The molecule has 8 nitrogen and oxygen atoms in total. The highest BCUT2D eigenvalue weighted by atomic mass is 16.5. The number of anilines is 1. The fourth-order valence-electron chi connectivity index (χ4n) is 3.13. The molecule has 8 heteroatoms. The molecule has 1 aliphatic rings. The molecule has 0 fully saturated rings. The summed E-state index contributed by atoms with van der Waals surface area (Å²) in [5, 5.41) is 14.8. The number of fused-ring (bicyclic) bond motifs is 1. The predicted molar refractivity (Wildman–Crippen MR) is 102 cm³/mol. The first-order chi connectivity index (χ1) is 13.5. The molecule has 1 amide bonds. The molecule has 2 unspecified atom stereocenters. The fraction of sp³-hybridized carbons (Fsp3) is 0.300. The van der Waals surface area contributed by atoms with E-state index in [1.165, 1.54) is 14.2 Å². The third kappa shape index (κ3) is 4.24. The molecule has 3 N–H and O–H groups in total. The highest BCUT2D eigenvalue weighted by Gasteiger charge is 2.37. The normalized spacial score (nSPS) is 18.1. The van der Waals surface area contributed by atoms with Crippen LogP contribution in [0.1, 0.15) is 17.2 Å². The van der Waals surface area contributed by atoms with Crippen LogP contribution in [0.2, 0.25) is 0 Å². The van der Waals surface area contributed by atoms with Crippen LogP contribution in [0.15, 0.2) is 42.5 Å². The smallest absolute Gasteiger partial charge is 0.317 e. The zero-order valence-corrected chi connectivity index (χ0v) is 15.6. The summed E-state index contributed by atoms with van der Waals surface area (Å²) >= 11 is 0. The molecule has 1 aliphatic heterocycles. The summed E-state index contributed by atoms with van der Waals surface area (Å²) < 4.78 is 16.5. The van der Waals surface area contributed by atoms with Gasteiger partial charge in [-0.1, -0.05) is 30.3 Å². The van der Waals surface area contributed by atoms with Crippen LogP contribution in [0.4, 0.5) is 5.69 Å². The van der Waals surface area contributed by atoms with Crippen molar-refractivity contribution in [2.75, 3.05) is 26.1 Å². The van der Waals surface area contributed by atoms with Gasteiger partial charge >= 0.3 is 5.97 Å². The number of carboxylic acids is 1. The van der Waals surface area contributed by atoms with Gasteiger partial charge < -0.3 is 24.6 Å². The fourth-order valence-corrected chi connectivity index (χ4v) is 3.13. The minimum absolute atomic E-state index is 0.215. The van der Waals surface area contributed by atoms with E-state index in [2.05, 4.69) is 10.6 Å². The van der Waals surface area contributed by atoms with Crippen LogP contribution in [0.5, 0.6) is 11.5 Å². The number of carbonyl (C=O) groups is 2. The molecular weight excluding hydrogens is 364 g/mol. The summed E-state index contributed by atoms with van der Waals surface area (Å²) in [6.07, 6.45) is -0.912. The molecule has 0 radical (unpaired) electrons. The lowest BCUT2D eigenvalue weighted by Crippen LogP contribution is -2.47. The third-order valence-corrected chi connectivity index (χ3v) is 4.46. The molecule has 2 aromatic rings. The van der Waals surface area contributed by atoms with Crippen molar-refractivity contribution in [1.82, 2.24) is 5.32 Å². The zero-order chi connectivity index (χ0) is 20.1. The number of methoxy groups -OCH3 is 2. The Balaban J connectivity index is 1.92. The minimum atomic E-state index is -1.03. The number of nitrogens with one attached hydrogen (secondary N) is 2. The van der Waals surface area contributed by atoms with Crippen molar-refractivity contribution in [3.63, 3.8) is 0 Å². The summed E-state index contributed by atoms with van der Waals surface area (Å²) in [5.41, 5.74) is 2.09. The van der Waals surface area contributed by atoms with Crippen LogP contribution in [-0.2, 0) is 20.9 Å². The van der Waals surface area contributed by atoms with Gasteiger partial charge in [-0.25, -0.2) is 0 Å². The Morgan fingerprint density at radius 2 is 1.82 bits per heavy atom. The Hall–Kier alpha value is -3.10. The summed E-state index contributed by atoms with van der Waals surface area (Å²) in [5.74, 6) is -0.461. The van der Waals surface area contributed by atoms with Crippen LogP contribution < -0.4 is 20.1 Å². The summed E-state index contributed by atoms with van der Waals surface area (Å²) in [6.45, 7) is -0.107. The first kappa shape index (κ1) is 19.7. The van der Waals surface area contributed by atoms with Crippen LogP contribution in [-0.4, -0.2) is 43.9 Å². The Kier molecular flexibility index (Phi) is 6.13. The number of hydrogen-bond donors (Lipinski definition) is 3. The maximum Gasteiger partial charge on any atom is 0.317 e. The maximum atomic E-state index is 12.7. The first-order valence-corrected chi connectivity index (χ1v) is 8.71. The summed E-state index contributed by atoms with van der Waals surface area (Å²) in [4.78, 5) is 23.8. The van der Waals surface area contributed by atoms with E-state index in [1.807, 2.05) is 30.3 Å². The maximum absolute atomic E-state index is 12.7. The van der Waals surface area contributed by atoms with Gasteiger partial charge in [0.05, 0.1) is 33.4 Å². The van der Waals surface area contributed by atoms with Crippen molar-refractivity contribution in [2.45, 2.75) is 18.8 Å². The van der Waals surface area contributed by atoms with Gasteiger partial charge in [-0.3, -0.25) is 14.9 Å². The molecule has 0 spiro atoms. The monoisotopic (exact) mass is 386 g/mol. The molecule has 1 heterocycles. The second kappa shape index (κ2) is 8.73. The average molecular weight is 386 g/mol. The number of aliphatic carboxylic acids is 1. The SMILES string of the molecule is COc1cc2c(cc1OC)C(NCC(=O)O)C(OCc1ccccc1)C(=O)N2. The predicted octanol–water partition coefficient (Wildman–Crippen LogP) is 1.96. The van der Waals surface area contributed by atoms with Gasteiger partial charge in [0.1, 0.15) is 0 Å². The van der Waals surface area contributed by atoms with Crippen molar-refractivity contribution < 1.29 is 28.9 Å². The second-order valence-corrected chi connectivity index (χ2v) is 6.25. The molecule has 0 saturated carbocycles. The van der Waals surface area contributed by atoms with E-state index in [0.29, 0.717) is 22.7 Å². The molecule has 28 heavy (non-hydrogen) atoms. The van der Waals surface area contributed by atoms with Crippen molar-refractivity contribution in [3.05, 3.63) is 53.6 Å². The number of carbonyl (C=O) groups excluding carboxylic acids is 1. The van der Waals surface area contributed by atoms with Gasteiger partial charge in [-0.15, -0.1) is 0 Å². The zero-order valence-electron chi connectivity index (χ0n) is 15.6. The lowest BCUT2D eigenvalue weighted by atomic mass is 9.94. The van der Waals surface area contributed by atoms with E-state index >= 15 is 0 Å². The Morgan fingerprint density at radius 3 is 2.46 bits per heavy atom. The lowest BCUT2D eigenvalue weighted by molar-refractivity contribution is -0.138. The van der Waals surface area contributed by atoms with Crippen LogP contribution in [0, 0.1) is 0 Å². The molecule has 0 aromatic heterocycles. The van der Waals surface area contributed by atoms with E-state index < -0.39 is 18.1 Å². The van der Waals surface area contributed by atoms with E-state index in [9.17, 15) is 9.59 Å². The number of hydrogen-bond acceptors (Lipinski definition) is 6. The molecule has 0 aliphatic carbocycles. The Morgan fingerprint density at radius 1 is 1.14 bits per heavy atom. The van der Waals surface area contributed by atoms with Gasteiger partial charge in [-0.05, 0) is 17.2 Å². The molecule has 148 valence electrons. The highest BCUT2D eigenvalue weighted by molar-refractivity contribution is 5.98. The first-order valence-electron chi connectivity index (χ1n) is 8.71. The van der Waals surface area contributed by atoms with Crippen LogP contribution in [0.3, 0.4) is 0 Å². The lowest BCUT2D eigenvalue weighted by Gasteiger charge is -2.34. The number of benzene rings is 2. The largest absolute Gasteiger partial charge is 0.493 e. The quantitative estimate of drug-likeness (QED) is 0.637.